The molecule has 1 aliphatic rings. The molecule has 0 radical (unpaired) electrons. The largest absolute Gasteiger partial charge is 0.411 e. The number of guanidine groups is 1. The van der Waals surface area contributed by atoms with E-state index in [0.717, 1.165) is 43.0 Å². The molecule has 0 amide bonds. The first-order valence-electron chi connectivity index (χ1n) is 9.98. The number of aryl methyl sites for hydroxylation is 2. The summed E-state index contributed by atoms with van der Waals surface area (Å²) in [5, 5.41) is 11.2. The lowest BCUT2D eigenvalue weighted by molar-refractivity contribution is -0.176. The van der Waals surface area contributed by atoms with Gasteiger partial charge in [-0.3, -0.25) is 4.99 Å². The molecular formula is C20H28F3IN6O. The number of hydrogen-bond acceptors (Lipinski definition) is 4. The summed E-state index contributed by atoms with van der Waals surface area (Å²) in [6.45, 7) is 1.94. The number of alkyl halides is 3. The van der Waals surface area contributed by atoms with Crippen molar-refractivity contribution in [1.29, 1.82) is 0 Å². The van der Waals surface area contributed by atoms with Crippen LogP contribution in [0, 0.1) is 0 Å². The van der Waals surface area contributed by atoms with Gasteiger partial charge >= 0.3 is 6.18 Å². The second-order valence-electron chi connectivity index (χ2n) is 7.21. The second kappa shape index (κ2) is 11.7. The maximum atomic E-state index is 12.2. The van der Waals surface area contributed by atoms with Crippen LogP contribution in [0.4, 0.5) is 13.2 Å². The Morgan fingerprint density at radius 2 is 2.10 bits per heavy atom. The van der Waals surface area contributed by atoms with Crippen LogP contribution in [0.5, 0.6) is 0 Å². The van der Waals surface area contributed by atoms with Crippen molar-refractivity contribution < 1.29 is 17.9 Å². The van der Waals surface area contributed by atoms with E-state index in [4.69, 9.17) is 4.74 Å². The molecule has 2 heterocycles. The Morgan fingerprint density at radius 1 is 1.32 bits per heavy atom. The lowest BCUT2D eigenvalue weighted by Gasteiger charge is -2.25. The summed E-state index contributed by atoms with van der Waals surface area (Å²) in [7, 11) is 1.70. The molecule has 0 saturated heterocycles. The summed E-state index contributed by atoms with van der Waals surface area (Å²) in [6.07, 6.45) is -1.70. The Kier molecular flexibility index (Phi) is 9.54. The van der Waals surface area contributed by atoms with E-state index in [1.807, 2.05) is 23.7 Å². The molecule has 11 heteroatoms. The Bertz CT molecular complexity index is 871. The third-order valence-corrected chi connectivity index (χ3v) is 4.77. The number of nitrogens with one attached hydrogen (secondary N) is 2. The first-order chi connectivity index (χ1) is 14.4. The third-order valence-electron chi connectivity index (χ3n) is 4.77. The van der Waals surface area contributed by atoms with Crippen molar-refractivity contribution >= 4 is 29.9 Å². The fourth-order valence-electron chi connectivity index (χ4n) is 3.32. The molecule has 1 atom stereocenters. The van der Waals surface area contributed by atoms with Crippen molar-refractivity contribution in [2.75, 3.05) is 13.7 Å². The lowest BCUT2D eigenvalue weighted by Crippen LogP contribution is -2.46. The van der Waals surface area contributed by atoms with E-state index in [9.17, 15) is 13.2 Å². The standard InChI is InChI=1S/C20H27F3N6O.HI/c1-3-17-27-18-8-7-16(11-29(18)28-17)26-19(24-2)25-10-14-5-4-6-15(9-14)12-30-13-20(21,22)23;/h4-6,9,16H,3,7-8,10-13H2,1-2H3,(H2,24,25,26);1H. The van der Waals surface area contributed by atoms with Crippen LogP contribution in [0.3, 0.4) is 0 Å². The molecule has 0 spiro atoms. The van der Waals surface area contributed by atoms with Gasteiger partial charge in [0.2, 0.25) is 0 Å². The van der Waals surface area contributed by atoms with Gasteiger partial charge in [-0.1, -0.05) is 31.2 Å². The number of nitrogens with zero attached hydrogens (tertiary/aromatic N) is 4. The molecular weight excluding hydrogens is 524 g/mol. The maximum Gasteiger partial charge on any atom is 0.411 e. The van der Waals surface area contributed by atoms with Crippen LogP contribution in [-0.4, -0.2) is 46.6 Å². The Balaban J connectivity index is 0.00000341. The molecule has 1 unspecified atom stereocenters. The highest BCUT2D eigenvalue weighted by Crippen LogP contribution is 2.16. The van der Waals surface area contributed by atoms with E-state index in [1.165, 1.54) is 0 Å². The molecule has 7 nitrogen and oxygen atoms in total. The van der Waals surface area contributed by atoms with E-state index in [0.29, 0.717) is 18.1 Å². The fraction of sp³-hybridized carbons (Fsp3) is 0.550. The zero-order chi connectivity index (χ0) is 21.6. The van der Waals surface area contributed by atoms with Crippen LogP contribution in [0.25, 0.3) is 0 Å². The van der Waals surface area contributed by atoms with E-state index in [1.54, 1.807) is 19.2 Å². The summed E-state index contributed by atoms with van der Waals surface area (Å²) in [4.78, 5) is 8.80. The molecule has 172 valence electrons. The first-order valence-corrected chi connectivity index (χ1v) is 9.98. The summed E-state index contributed by atoms with van der Waals surface area (Å²) in [5.41, 5.74) is 1.63. The zero-order valence-electron chi connectivity index (χ0n) is 17.6. The number of ether oxygens (including phenoxy) is 1. The van der Waals surface area contributed by atoms with Gasteiger partial charge in [-0.2, -0.15) is 18.3 Å². The second-order valence-corrected chi connectivity index (χ2v) is 7.21. The summed E-state index contributed by atoms with van der Waals surface area (Å²) in [5.74, 6) is 2.56. The molecule has 0 bridgehead atoms. The van der Waals surface area contributed by atoms with E-state index >= 15 is 0 Å². The van der Waals surface area contributed by atoms with Crippen LogP contribution in [0.15, 0.2) is 29.3 Å². The molecule has 2 aromatic rings. The summed E-state index contributed by atoms with van der Waals surface area (Å²) < 4.78 is 43.3. The number of hydrogen-bond donors (Lipinski definition) is 2. The van der Waals surface area contributed by atoms with Gasteiger partial charge in [0.15, 0.2) is 11.8 Å². The SMILES string of the molecule is CCc1nc2n(n1)CC(NC(=NC)NCc1cccc(COCC(F)(F)F)c1)CC2.I. The van der Waals surface area contributed by atoms with Crippen LogP contribution >= 0.6 is 24.0 Å². The van der Waals surface area contributed by atoms with Crippen molar-refractivity contribution in [1.82, 2.24) is 25.4 Å². The minimum atomic E-state index is -4.32. The molecule has 2 N–H and O–H groups in total. The maximum absolute atomic E-state index is 12.2. The van der Waals surface area contributed by atoms with E-state index in [-0.39, 0.29) is 36.6 Å². The molecule has 0 fully saturated rings. The zero-order valence-corrected chi connectivity index (χ0v) is 19.9. The van der Waals surface area contributed by atoms with E-state index < -0.39 is 12.8 Å². The Morgan fingerprint density at radius 3 is 2.81 bits per heavy atom. The number of aliphatic imine (C=N–C) groups is 1. The number of aromatic nitrogens is 3. The van der Waals surface area contributed by atoms with Crippen molar-refractivity contribution in [2.45, 2.75) is 58.1 Å². The molecule has 3 rings (SSSR count). The van der Waals surface area contributed by atoms with Crippen LogP contribution in [0.1, 0.15) is 36.1 Å². The van der Waals surface area contributed by atoms with Gasteiger partial charge in [0, 0.05) is 32.5 Å². The Hall–Kier alpha value is -1.89. The van der Waals surface area contributed by atoms with Crippen LogP contribution in [-0.2, 0) is 37.3 Å². The van der Waals surface area contributed by atoms with Crippen molar-refractivity contribution in [3.05, 3.63) is 47.0 Å². The summed E-state index contributed by atoms with van der Waals surface area (Å²) in [6, 6.07) is 7.47. The minimum Gasteiger partial charge on any atom is -0.367 e. The highest BCUT2D eigenvalue weighted by molar-refractivity contribution is 14.0. The van der Waals surface area contributed by atoms with Gasteiger partial charge in [-0.25, -0.2) is 9.67 Å². The highest BCUT2D eigenvalue weighted by Gasteiger charge is 2.27. The molecule has 1 aromatic carbocycles. The number of halogens is 4. The Labute approximate surface area is 196 Å². The van der Waals surface area contributed by atoms with Crippen molar-refractivity contribution in [3.63, 3.8) is 0 Å². The monoisotopic (exact) mass is 552 g/mol. The third kappa shape index (κ3) is 7.95. The molecule has 1 aromatic heterocycles. The molecule has 31 heavy (non-hydrogen) atoms. The number of fused-ring (bicyclic) bond motifs is 1. The first kappa shape index (κ1) is 25.4. The van der Waals surface area contributed by atoms with Crippen LogP contribution in [0.2, 0.25) is 0 Å². The number of rotatable bonds is 7. The van der Waals surface area contributed by atoms with Gasteiger partial charge in [0.05, 0.1) is 13.2 Å². The normalized spacial score (nSPS) is 16.4. The summed E-state index contributed by atoms with van der Waals surface area (Å²) >= 11 is 0. The molecule has 0 saturated carbocycles. The van der Waals surface area contributed by atoms with Gasteiger partial charge < -0.3 is 15.4 Å². The predicted molar refractivity (Wildman–Crippen MR) is 122 cm³/mol. The average Bonchev–Trinajstić information content (AvgIpc) is 3.13. The predicted octanol–water partition coefficient (Wildman–Crippen LogP) is 3.22. The average molecular weight is 552 g/mol. The van der Waals surface area contributed by atoms with Gasteiger partial charge in [0.1, 0.15) is 12.4 Å². The van der Waals surface area contributed by atoms with Crippen LogP contribution < -0.4 is 10.6 Å². The van der Waals surface area contributed by atoms with Gasteiger partial charge in [-0.05, 0) is 17.5 Å². The fourth-order valence-corrected chi connectivity index (χ4v) is 3.32. The van der Waals surface area contributed by atoms with E-state index in [2.05, 4.69) is 25.7 Å². The van der Waals surface area contributed by atoms with Crippen molar-refractivity contribution in [3.8, 4) is 0 Å². The topological polar surface area (TPSA) is 76.4 Å². The quantitative estimate of drug-likeness (QED) is 0.314. The minimum absolute atomic E-state index is 0. The lowest BCUT2D eigenvalue weighted by atomic mass is 10.1. The van der Waals surface area contributed by atoms with Gasteiger partial charge in [-0.15, -0.1) is 24.0 Å². The van der Waals surface area contributed by atoms with Crippen molar-refractivity contribution in [2.24, 2.45) is 4.99 Å². The van der Waals surface area contributed by atoms with Gasteiger partial charge in [0.25, 0.3) is 0 Å². The molecule has 0 aliphatic carbocycles. The number of benzene rings is 1. The molecule has 1 aliphatic heterocycles. The highest BCUT2D eigenvalue weighted by atomic mass is 127. The smallest absolute Gasteiger partial charge is 0.367 e.